The highest BCUT2D eigenvalue weighted by molar-refractivity contribution is 5.80. The van der Waals surface area contributed by atoms with E-state index in [0.29, 0.717) is 17.9 Å². The van der Waals surface area contributed by atoms with Crippen molar-refractivity contribution in [2.45, 2.75) is 45.3 Å². The number of aliphatic imine (C=N–C) groups is 1. The van der Waals surface area contributed by atoms with Crippen LogP contribution in [0.5, 0.6) is 0 Å². The lowest BCUT2D eigenvalue weighted by Gasteiger charge is -2.39. The highest BCUT2D eigenvalue weighted by Gasteiger charge is 2.30. The molecule has 2 fully saturated rings. The lowest BCUT2D eigenvalue weighted by molar-refractivity contribution is -0.0251. The van der Waals surface area contributed by atoms with Crippen molar-refractivity contribution in [1.29, 1.82) is 0 Å². The van der Waals surface area contributed by atoms with Gasteiger partial charge in [-0.3, -0.25) is 4.99 Å². The smallest absolute Gasteiger partial charge is 0.193 e. The van der Waals surface area contributed by atoms with Crippen LogP contribution in [-0.4, -0.2) is 53.2 Å². The Kier molecular flexibility index (Phi) is 7.05. The van der Waals surface area contributed by atoms with Gasteiger partial charge in [-0.05, 0) is 37.7 Å². The molecule has 0 bridgehead atoms. The Bertz CT molecular complexity index is 791. The molecule has 1 N–H and O–H groups in total. The predicted octanol–water partition coefficient (Wildman–Crippen LogP) is 3.90. The van der Waals surface area contributed by atoms with E-state index in [1.54, 1.807) is 0 Å². The van der Waals surface area contributed by atoms with Crippen LogP contribution < -0.4 is 5.32 Å². The van der Waals surface area contributed by atoms with Crippen molar-refractivity contribution >= 4 is 5.96 Å². The molecule has 4 rings (SSSR count). The molecule has 0 spiro atoms. The van der Waals surface area contributed by atoms with Crippen molar-refractivity contribution in [2.24, 2.45) is 16.8 Å². The van der Waals surface area contributed by atoms with Crippen molar-refractivity contribution in [3.05, 3.63) is 54.6 Å². The standard InChI is InChI=1S/C24H35N5O/c1-3-26-24(28-13-11-19(2)22(17-28)29-14-12-25-18-29)27-16-21-10-7-15-30-23(21)20-8-5-4-6-9-20/h4-6,8-9,12,14,18-19,21-23H,3,7,10-11,13,15-17H2,1-2H3,(H,26,27). The summed E-state index contributed by atoms with van der Waals surface area (Å²) in [7, 11) is 0. The maximum absolute atomic E-state index is 6.18. The van der Waals surface area contributed by atoms with Gasteiger partial charge in [0.1, 0.15) is 0 Å². The first-order valence-corrected chi connectivity index (χ1v) is 11.4. The second-order valence-electron chi connectivity index (χ2n) is 8.59. The highest BCUT2D eigenvalue weighted by atomic mass is 16.5. The Hall–Kier alpha value is -2.34. The van der Waals surface area contributed by atoms with Crippen LogP contribution in [0.4, 0.5) is 0 Å². The van der Waals surface area contributed by atoms with Crippen molar-refractivity contribution in [3.8, 4) is 0 Å². The maximum atomic E-state index is 6.18. The van der Waals surface area contributed by atoms with E-state index in [9.17, 15) is 0 Å². The third kappa shape index (κ3) is 4.86. The van der Waals surface area contributed by atoms with Gasteiger partial charge in [-0.15, -0.1) is 0 Å². The van der Waals surface area contributed by atoms with E-state index in [2.05, 4.69) is 70.1 Å². The van der Waals surface area contributed by atoms with E-state index in [4.69, 9.17) is 9.73 Å². The van der Waals surface area contributed by atoms with Gasteiger partial charge in [0.2, 0.25) is 0 Å². The summed E-state index contributed by atoms with van der Waals surface area (Å²) in [6.07, 6.45) is 9.48. The normalized spacial score (nSPS) is 27.8. The number of rotatable bonds is 5. The van der Waals surface area contributed by atoms with E-state index in [1.807, 2.05) is 12.5 Å². The molecule has 1 aromatic heterocycles. The van der Waals surface area contributed by atoms with Crippen LogP contribution in [0.25, 0.3) is 0 Å². The summed E-state index contributed by atoms with van der Waals surface area (Å²) >= 11 is 0. The molecule has 1 aromatic carbocycles. The third-order valence-corrected chi connectivity index (χ3v) is 6.51. The molecule has 2 saturated heterocycles. The molecule has 6 heteroatoms. The molecule has 4 unspecified atom stereocenters. The summed E-state index contributed by atoms with van der Waals surface area (Å²) in [5.74, 6) is 2.09. The molecule has 2 aromatic rings. The van der Waals surface area contributed by atoms with Crippen LogP contribution in [0.3, 0.4) is 0 Å². The van der Waals surface area contributed by atoms with Gasteiger partial charge in [-0.25, -0.2) is 4.98 Å². The average molecular weight is 410 g/mol. The van der Waals surface area contributed by atoms with Crippen LogP contribution in [0.2, 0.25) is 0 Å². The first-order valence-electron chi connectivity index (χ1n) is 11.4. The van der Waals surface area contributed by atoms with Crippen molar-refractivity contribution in [1.82, 2.24) is 19.8 Å². The maximum Gasteiger partial charge on any atom is 0.193 e. The second kappa shape index (κ2) is 10.1. The largest absolute Gasteiger partial charge is 0.373 e. The lowest BCUT2D eigenvalue weighted by atomic mass is 9.89. The van der Waals surface area contributed by atoms with Gasteiger partial charge < -0.3 is 19.5 Å². The Morgan fingerprint density at radius 1 is 1.27 bits per heavy atom. The van der Waals surface area contributed by atoms with Crippen LogP contribution >= 0.6 is 0 Å². The van der Waals surface area contributed by atoms with E-state index in [-0.39, 0.29) is 6.10 Å². The van der Waals surface area contributed by atoms with Crippen LogP contribution in [0.15, 0.2) is 54.0 Å². The van der Waals surface area contributed by atoms with Crippen molar-refractivity contribution < 1.29 is 4.74 Å². The Morgan fingerprint density at radius 2 is 2.13 bits per heavy atom. The fraction of sp³-hybridized carbons (Fsp3) is 0.583. The first kappa shape index (κ1) is 20.9. The summed E-state index contributed by atoms with van der Waals surface area (Å²) in [4.78, 5) is 11.8. The minimum atomic E-state index is 0.145. The zero-order valence-corrected chi connectivity index (χ0v) is 18.3. The molecule has 0 amide bonds. The van der Waals surface area contributed by atoms with Gasteiger partial charge >= 0.3 is 0 Å². The first-order chi connectivity index (χ1) is 14.8. The molecular weight excluding hydrogens is 374 g/mol. The fourth-order valence-electron chi connectivity index (χ4n) is 4.77. The monoisotopic (exact) mass is 409 g/mol. The van der Waals surface area contributed by atoms with Gasteiger partial charge in [0.15, 0.2) is 5.96 Å². The summed E-state index contributed by atoms with van der Waals surface area (Å²) in [5, 5.41) is 3.54. The van der Waals surface area contributed by atoms with E-state index in [1.165, 1.54) is 5.56 Å². The molecule has 4 atom stereocenters. The minimum absolute atomic E-state index is 0.145. The van der Waals surface area contributed by atoms with E-state index in [0.717, 1.165) is 58.0 Å². The Labute approximate surface area is 180 Å². The minimum Gasteiger partial charge on any atom is -0.373 e. The van der Waals surface area contributed by atoms with E-state index < -0.39 is 0 Å². The molecule has 30 heavy (non-hydrogen) atoms. The highest BCUT2D eigenvalue weighted by Crippen LogP contribution is 2.34. The number of imidazole rings is 1. The van der Waals surface area contributed by atoms with Crippen LogP contribution in [-0.2, 0) is 4.74 Å². The Morgan fingerprint density at radius 3 is 2.90 bits per heavy atom. The molecule has 162 valence electrons. The van der Waals surface area contributed by atoms with Crippen molar-refractivity contribution in [3.63, 3.8) is 0 Å². The quantitative estimate of drug-likeness (QED) is 0.601. The molecule has 6 nitrogen and oxygen atoms in total. The number of ether oxygens (including phenoxy) is 1. The van der Waals surface area contributed by atoms with Gasteiger partial charge in [-0.2, -0.15) is 0 Å². The predicted molar refractivity (Wildman–Crippen MR) is 120 cm³/mol. The number of piperidine rings is 1. The number of hydrogen-bond donors (Lipinski definition) is 1. The second-order valence-corrected chi connectivity index (χ2v) is 8.59. The van der Waals surface area contributed by atoms with Gasteiger partial charge in [0.05, 0.1) is 18.5 Å². The summed E-state index contributed by atoms with van der Waals surface area (Å²) in [5.41, 5.74) is 1.27. The number of nitrogens with zero attached hydrogens (tertiary/aromatic N) is 4. The van der Waals surface area contributed by atoms with Gasteiger partial charge in [0.25, 0.3) is 0 Å². The molecular formula is C24H35N5O. The van der Waals surface area contributed by atoms with Crippen molar-refractivity contribution in [2.75, 3.05) is 32.8 Å². The van der Waals surface area contributed by atoms with Gasteiger partial charge in [-0.1, -0.05) is 37.3 Å². The summed E-state index contributed by atoms with van der Waals surface area (Å²) < 4.78 is 8.43. The molecule has 0 saturated carbocycles. The molecule has 2 aliphatic rings. The average Bonchev–Trinajstić information content (AvgIpc) is 3.33. The summed E-state index contributed by atoms with van der Waals surface area (Å²) in [6, 6.07) is 11.1. The zero-order valence-electron chi connectivity index (χ0n) is 18.3. The number of hydrogen-bond acceptors (Lipinski definition) is 3. The fourth-order valence-corrected chi connectivity index (χ4v) is 4.77. The molecule has 3 heterocycles. The molecule has 0 aliphatic carbocycles. The molecule has 2 aliphatic heterocycles. The SMILES string of the molecule is CCNC(=NCC1CCCOC1c1ccccc1)N1CCC(C)C(n2ccnc2)C1. The number of aromatic nitrogens is 2. The number of nitrogens with one attached hydrogen (secondary N) is 1. The topological polar surface area (TPSA) is 54.7 Å². The van der Waals surface area contributed by atoms with Crippen LogP contribution in [0.1, 0.15) is 50.8 Å². The number of benzene rings is 1. The number of likely N-dealkylation sites (tertiary alicyclic amines) is 1. The zero-order chi connectivity index (χ0) is 20.8. The summed E-state index contributed by atoms with van der Waals surface area (Å²) in [6.45, 7) is 9.01. The lowest BCUT2D eigenvalue weighted by Crippen LogP contribution is -2.49. The molecule has 0 radical (unpaired) electrons. The Balaban J connectivity index is 1.47. The van der Waals surface area contributed by atoms with Gasteiger partial charge in [0, 0.05) is 51.1 Å². The number of guanidine groups is 1. The van der Waals surface area contributed by atoms with Crippen LogP contribution in [0, 0.1) is 11.8 Å². The van der Waals surface area contributed by atoms with E-state index >= 15 is 0 Å². The third-order valence-electron chi connectivity index (χ3n) is 6.51.